The number of nitrogens with zero attached hydrogens (tertiary/aromatic N) is 10. The fourth-order valence-corrected chi connectivity index (χ4v) is 6.65. The van der Waals surface area contributed by atoms with E-state index in [2.05, 4.69) is 207 Å². The molecule has 0 saturated heterocycles. The Labute approximate surface area is 602 Å². The van der Waals surface area contributed by atoms with Crippen LogP contribution in [0.4, 0.5) is 0 Å². The van der Waals surface area contributed by atoms with Crippen LogP contribution in [0.25, 0.3) is 19.4 Å². The molecule has 0 N–H and O–H groups in total. The van der Waals surface area contributed by atoms with Gasteiger partial charge in [0, 0.05) is 158 Å². The standard InChI is InChI=1S/2C23H32N3.4C5H9N.12FH.2Ni.2Sb/c2*1-22(2,3)25-14-18-9-7-10-19(13-18)15-26(23(4,5)6)17-21-12-8-11-20(16-25)24-21;4*1-5(2,3)6-4;;;;;;;;;;;;;;;;/h2*7-12H,14-17H2,1-6H3;4*1-3H3;12*1H;;;;/q2*-1;;;;;;;;;;;;;;;;;2*+2;2*+5/p-12. The fraction of sp³-hybridized carbons (Fsp3) is 0.606. The van der Waals surface area contributed by atoms with Crippen molar-refractivity contribution in [1.29, 1.82) is 0 Å². The Morgan fingerprint density at radius 2 is 0.413 bits per heavy atom. The minimum Gasteiger partial charge on any atom is -1.00 e. The molecule has 0 radical (unpaired) electrons. The van der Waals surface area contributed by atoms with E-state index in [1.807, 2.05) is 83.1 Å². The molecular formula is C66H100F12N10Ni2Sb2. The Morgan fingerprint density at radius 1 is 0.283 bits per heavy atom. The minimum absolute atomic E-state index is 0. The molecule has 10 nitrogen and oxygen atoms in total. The molecule has 8 bridgehead atoms. The summed E-state index contributed by atoms with van der Waals surface area (Å²) in [6.45, 7) is 82.8. The van der Waals surface area contributed by atoms with E-state index in [9.17, 15) is 0 Å². The van der Waals surface area contributed by atoms with Gasteiger partial charge in [0.15, 0.2) is 0 Å². The molecular weight excluding hydrogens is 1520 g/mol. The van der Waals surface area contributed by atoms with Crippen LogP contribution in [0.5, 0.6) is 0 Å². The predicted molar refractivity (Wildman–Crippen MR) is 332 cm³/mol. The maximum absolute atomic E-state index is 6.48. The van der Waals surface area contributed by atoms with Crippen molar-refractivity contribution in [2.75, 3.05) is 0 Å². The Kier molecular flexibility index (Phi) is 77.6. The van der Waals surface area contributed by atoms with Crippen molar-refractivity contribution >= 4 is 48.9 Å². The first-order valence-corrected chi connectivity index (χ1v) is 26.9. The molecule has 2 aliphatic rings. The molecule has 0 atom stereocenters. The first kappa shape index (κ1) is 129. The number of pyridine rings is 2. The van der Waals surface area contributed by atoms with Gasteiger partial charge >= 0.3 is 81.8 Å². The molecule has 528 valence electrons. The fourth-order valence-electron chi connectivity index (χ4n) is 6.65. The van der Waals surface area contributed by atoms with Gasteiger partial charge in [-0.1, -0.05) is 12.1 Å². The maximum atomic E-state index is 6.48. The van der Waals surface area contributed by atoms with Crippen molar-refractivity contribution in [3.8, 4) is 0 Å². The maximum Gasteiger partial charge on any atom is 5.00 e. The zero-order valence-corrected chi connectivity index (χ0v) is 65.2. The van der Waals surface area contributed by atoms with Gasteiger partial charge in [-0.3, -0.25) is 29.6 Å². The summed E-state index contributed by atoms with van der Waals surface area (Å²) < 4.78 is 0. The molecule has 2 aromatic carbocycles. The van der Waals surface area contributed by atoms with Crippen molar-refractivity contribution < 1.29 is 89.4 Å². The summed E-state index contributed by atoms with van der Waals surface area (Å²) in [7, 11) is 0. The summed E-state index contributed by atoms with van der Waals surface area (Å²) in [5.41, 5.74) is 9.20. The summed E-state index contributed by atoms with van der Waals surface area (Å²) >= 11 is 0. The summed E-state index contributed by atoms with van der Waals surface area (Å²) in [6.07, 6.45) is 0. The molecule has 2 aliphatic heterocycles. The number of hydrogen-bond acceptors (Lipinski definition) is 6. The Balaban J connectivity index is -0.0000000587. The average molecular weight is 1620 g/mol. The van der Waals surface area contributed by atoms with Crippen LogP contribution in [-0.2, 0) is 85.3 Å². The van der Waals surface area contributed by atoms with Gasteiger partial charge in [0.1, 0.15) is 0 Å². The largest absolute Gasteiger partial charge is 5.00 e. The van der Waals surface area contributed by atoms with E-state index in [0.717, 1.165) is 75.1 Å². The number of benzene rings is 2. The summed E-state index contributed by atoms with van der Waals surface area (Å²) in [6, 6.07) is 33.4. The van der Waals surface area contributed by atoms with Crippen LogP contribution in [0.1, 0.15) is 211 Å². The van der Waals surface area contributed by atoms with Gasteiger partial charge in [0.05, 0.1) is 22.8 Å². The van der Waals surface area contributed by atoms with E-state index in [4.69, 9.17) is 36.3 Å². The van der Waals surface area contributed by atoms with Gasteiger partial charge in [0.2, 0.25) is 22.2 Å². The number of halogens is 12. The molecule has 0 saturated carbocycles. The predicted octanol–water partition coefficient (Wildman–Crippen LogP) is -20.3. The van der Waals surface area contributed by atoms with Gasteiger partial charge in [0.25, 0.3) is 0 Å². The minimum atomic E-state index is -0.167. The van der Waals surface area contributed by atoms with E-state index in [1.54, 1.807) is 0 Å². The van der Waals surface area contributed by atoms with Gasteiger partial charge in [-0.15, -0.1) is 22.3 Å². The van der Waals surface area contributed by atoms with Gasteiger partial charge < -0.3 is 75.8 Å². The van der Waals surface area contributed by atoms with Crippen LogP contribution < -0.4 is 56.5 Å². The topological polar surface area (TPSA) is 56.2 Å². The molecule has 0 aliphatic carbocycles. The van der Waals surface area contributed by atoms with Gasteiger partial charge in [-0.05, 0) is 107 Å². The molecule has 4 aromatic rings. The first-order chi connectivity index (χ1) is 34.5. The summed E-state index contributed by atoms with van der Waals surface area (Å²) in [4.78, 5) is 33.0. The second-order valence-corrected chi connectivity index (χ2v) is 27.9. The smallest absolute Gasteiger partial charge is 1.00 e. The Hall–Kier alpha value is -3.68. The van der Waals surface area contributed by atoms with E-state index < -0.39 is 0 Å². The van der Waals surface area contributed by atoms with Crippen molar-refractivity contribution in [2.24, 2.45) is 0 Å². The molecule has 92 heavy (non-hydrogen) atoms. The third kappa shape index (κ3) is 57.7. The van der Waals surface area contributed by atoms with E-state index in [1.165, 1.54) is 22.3 Å². The number of hydrogen-bond donors (Lipinski definition) is 0. The third-order valence-electron chi connectivity index (χ3n) is 11.6. The quantitative estimate of drug-likeness (QED) is 0.0993. The molecule has 0 amide bonds. The van der Waals surface area contributed by atoms with Crippen molar-refractivity contribution in [2.45, 2.75) is 263 Å². The van der Waals surface area contributed by atoms with Gasteiger partial charge in [-0.25, -0.2) is 26.3 Å². The monoisotopic (exact) mass is 1620 g/mol. The average Bonchev–Trinajstić information content (AvgIpc) is 3.27. The third-order valence-corrected chi connectivity index (χ3v) is 11.6. The van der Waals surface area contributed by atoms with E-state index >= 15 is 0 Å². The van der Waals surface area contributed by atoms with Crippen LogP contribution in [0.3, 0.4) is 0 Å². The molecule has 26 heteroatoms. The SMILES string of the molecule is CC(C)(C)N1Cc2[c-]c(ccc2)CN(C(C)(C)C)Cc2cccc(n2)C1.CC(C)(C)N1Cc2[c-]c(ccc2)CN(C(C)(C)C)Cc2cccc(n2)C1.[C-]#[N+]C(C)(C)C.[C-]#[N+]C(C)(C)C.[C-]#[N+]C(C)(C)C.[C-]#[N+]C(C)(C)C.[F-].[F-].[F-].[F-].[F-].[F-].[F-].[F-].[F-].[F-].[F-].[F-].[Ni+2].[Ni+2].[Sb+5].[Sb+5]. The Morgan fingerprint density at radius 3 is 0.533 bits per heavy atom. The molecule has 0 fully saturated rings. The second kappa shape index (κ2) is 55.5. The number of rotatable bonds is 0. The molecule has 6 rings (SSSR count). The van der Waals surface area contributed by atoms with Crippen molar-refractivity contribution in [3.63, 3.8) is 0 Å². The molecule has 0 spiro atoms. The zero-order valence-electron chi connectivity index (χ0n) is 58.1. The summed E-state index contributed by atoms with van der Waals surface area (Å²) in [5, 5.41) is 0. The van der Waals surface area contributed by atoms with Crippen LogP contribution in [0, 0.1) is 38.4 Å². The number of aromatic nitrogens is 2. The van der Waals surface area contributed by atoms with Gasteiger partial charge in [-0.2, -0.15) is 48.5 Å². The van der Waals surface area contributed by atoms with Crippen molar-refractivity contribution in [1.82, 2.24) is 29.6 Å². The number of fused-ring (bicyclic) bond motifs is 8. The van der Waals surface area contributed by atoms with Crippen LogP contribution >= 0.6 is 0 Å². The molecule has 2 aromatic heterocycles. The second-order valence-electron chi connectivity index (χ2n) is 27.9. The van der Waals surface area contributed by atoms with E-state index in [0.29, 0.717) is 0 Å². The first-order valence-electron chi connectivity index (χ1n) is 26.9. The normalized spacial score (nSPS) is 12.6. The van der Waals surface area contributed by atoms with Crippen molar-refractivity contribution in [3.05, 3.63) is 176 Å². The van der Waals surface area contributed by atoms with Crippen LogP contribution in [-0.4, -0.2) is 123 Å². The van der Waals surface area contributed by atoms with Crippen LogP contribution in [0.2, 0.25) is 0 Å². The molecule has 0 unspecified atom stereocenters. The van der Waals surface area contributed by atoms with E-state index in [-0.39, 0.29) is 183 Å². The van der Waals surface area contributed by atoms with Crippen LogP contribution in [0.15, 0.2) is 72.8 Å². The molecule has 4 heterocycles. The zero-order chi connectivity index (χ0) is 58.7. The Bertz CT molecular complexity index is 2180. The summed E-state index contributed by atoms with van der Waals surface area (Å²) in [5.74, 6) is 0.